The molecule has 1 aliphatic carbocycles. The van der Waals surface area contributed by atoms with Gasteiger partial charge in [-0.05, 0) is 42.0 Å². The number of carbonyl (C=O) groups excluding carboxylic acids is 1. The molecule has 1 aromatic rings. The molecule has 152 valence electrons. The number of hydrogen-bond acceptors (Lipinski definition) is 5. The zero-order chi connectivity index (χ0) is 19.7. The Morgan fingerprint density at radius 1 is 1.39 bits per heavy atom. The summed E-state index contributed by atoms with van der Waals surface area (Å²) in [6, 6.07) is 6.91. The van der Waals surface area contributed by atoms with Gasteiger partial charge in [0, 0.05) is 44.0 Å². The van der Waals surface area contributed by atoms with Crippen LogP contribution in [0.1, 0.15) is 56.6 Å². The minimum Gasteiger partial charge on any atom is -0.462 e. The fourth-order valence-electron chi connectivity index (χ4n) is 4.40. The van der Waals surface area contributed by atoms with Crippen molar-refractivity contribution >= 4 is 11.5 Å². The molecule has 2 fully saturated rings. The Morgan fingerprint density at radius 3 is 2.79 bits per heavy atom. The number of ether oxygens (including phenoxy) is 2. The van der Waals surface area contributed by atoms with E-state index in [1.165, 1.54) is 19.3 Å². The van der Waals surface area contributed by atoms with Gasteiger partial charge in [-0.25, -0.2) is 5.84 Å². The van der Waals surface area contributed by atoms with Crippen LogP contribution in [0.25, 0.3) is 5.57 Å². The number of piperidine rings is 1. The average Bonchev–Trinajstić information content (AvgIpc) is 2.67. The van der Waals surface area contributed by atoms with Gasteiger partial charge in [-0.15, -0.1) is 0 Å². The molecule has 1 aromatic carbocycles. The van der Waals surface area contributed by atoms with Gasteiger partial charge < -0.3 is 9.47 Å². The summed E-state index contributed by atoms with van der Waals surface area (Å²) in [6.07, 6.45) is 6.21. The monoisotopic (exact) mass is 385 g/mol. The Labute approximate surface area is 167 Å². The Bertz CT molecular complexity index is 751. The predicted octanol–water partition coefficient (Wildman–Crippen LogP) is 2.97. The molecule has 6 heteroatoms. The zero-order valence-corrected chi connectivity index (χ0v) is 16.7. The van der Waals surface area contributed by atoms with Crippen molar-refractivity contribution in [1.29, 1.82) is 0 Å². The van der Waals surface area contributed by atoms with Gasteiger partial charge in [0.1, 0.15) is 5.75 Å². The van der Waals surface area contributed by atoms with E-state index in [2.05, 4.69) is 23.0 Å². The molecule has 1 amide bonds. The molecule has 1 atom stereocenters. The van der Waals surface area contributed by atoms with E-state index < -0.39 is 5.79 Å². The van der Waals surface area contributed by atoms with Crippen LogP contribution in [0, 0.1) is 5.92 Å². The number of hydrogen-bond donors (Lipinski definition) is 2. The number of nitrogens with one attached hydrogen (secondary N) is 1. The van der Waals surface area contributed by atoms with Crippen LogP contribution in [0.5, 0.6) is 5.75 Å². The Balaban J connectivity index is 1.40. The SMILES string of the molecule is C=C(c1ccc2c(c1)COC1(CCN(C3CCC3)CC1)O2)C(C)CC(=O)NN. The summed E-state index contributed by atoms with van der Waals surface area (Å²) in [4.78, 5) is 14.1. The molecule has 0 aromatic heterocycles. The molecule has 3 aliphatic rings. The quantitative estimate of drug-likeness (QED) is 0.463. The number of benzene rings is 1. The first-order valence-corrected chi connectivity index (χ1v) is 10.4. The molecule has 2 aliphatic heterocycles. The van der Waals surface area contributed by atoms with Crippen LogP contribution < -0.4 is 16.0 Å². The molecule has 28 heavy (non-hydrogen) atoms. The van der Waals surface area contributed by atoms with Crippen LogP contribution >= 0.6 is 0 Å². The van der Waals surface area contributed by atoms with Crippen molar-refractivity contribution in [3.8, 4) is 5.75 Å². The number of likely N-dealkylation sites (tertiary alicyclic amines) is 1. The van der Waals surface area contributed by atoms with Crippen LogP contribution in [0.4, 0.5) is 0 Å². The molecular weight excluding hydrogens is 354 g/mol. The Kier molecular flexibility index (Phi) is 5.45. The van der Waals surface area contributed by atoms with Crippen LogP contribution in [0.3, 0.4) is 0 Å². The first-order chi connectivity index (χ1) is 13.5. The molecule has 4 rings (SSSR count). The third-order valence-electron chi connectivity index (χ3n) is 6.62. The summed E-state index contributed by atoms with van der Waals surface area (Å²) < 4.78 is 12.6. The lowest BCUT2D eigenvalue weighted by atomic mass is 9.88. The second-order valence-corrected chi connectivity index (χ2v) is 8.44. The maximum Gasteiger partial charge on any atom is 0.234 e. The summed E-state index contributed by atoms with van der Waals surface area (Å²) in [7, 11) is 0. The first kappa shape index (κ1) is 19.4. The van der Waals surface area contributed by atoms with Gasteiger partial charge in [0.25, 0.3) is 0 Å². The average molecular weight is 386 g/mol. The molecule has 1 spiro atoms. The van der Waals surface area contributed by atoms with E-state index in [9.17, 15) is 4.79 Å². The lowest BCUT2D eigenvalue weighted by Crippen LogP contribution is -2.54. The number of amides is 1. The fraction of sp³-hybridized carbons (Fsp3) is 0.591. The first-order valence-electron chi connectivity index (χ1n) is 10.4. The number of carbonyl (C=O) groups is 1. The summed E-state index contributed by atoms with van der Waals surface area (Å²) in [5.41, 5.74) is 5.15. The maximum absolute atomic E-state index is 11.5. The van der Waals surface area contributed by atoms with Gasteiger partial charge in [-0.1, -0.05) is 26.0 Å². The standard InChI is InChI=1S/C22H31N3O3/c1-15(12-21(26)24-23)16(2)17-6-7-20-18(13-17)14-27-22(28-20)8-10-25(11-9-22)19-4-3-5-19/h6-7,13,15,19H,2-5,8-12,14,23H2,1H3,(H,24,26). The highest BCUT2D eigenvalue weighted by molar-refractivity contribution is 5.79. The topological polar surface area (TPSA) is 76.8 Å². The van der Waals surface area contributed by atoms with Crippen molar-refractivity contribution in [3.63, 3.8) is 0 Å². The lowest BCUT2D eigenvalue weighted by molar-refractivity contribution is -0.231. The molecular formula is C22H31N3O3. The van der Waals surface area contributed by atoms with Gasteiger partial charge in [-0.3, -0.25) is 15.1 Å². The smallest absolute Gasteiger partial charge is 0.234 e. The summed E-state index contributed by atoms with van der Waals surface area (Å²) in [5, 5.41) is 0. The number of allylic oxidation sites excluding steroid dienone is 1. The van der Waals surface area contributed by atoms with E-state index in [0.717, 1.165) is 54.4 Å². The van der Waals surface area contributed by atoms with Gasteiger partial charge in [0.05, 0.1) is 6.61 Å². The lowest BCUT2D eigenvalue weighted by Gasteiger charge is -2.47. The third kappa shape index (κ3) is 3.81. The highest BCUT2D eigenvalue weighted by Gasteiger charge is 2.42. The number of nitrogens with zero attached hydrogens (tertiary/aromatic N) is 1. The normalized spacial score (nSPS) is 22.6. The maximum atomic E-state index is 11.5. The van der Waals surface area contributed by atoms with Crippen LogP contribution in [-0.4, -0.2) is 35.7 Å². The van der Waals surface area contributed by atoms with E-state index in [1.54, 1.807) is 0 Å². The van der Waals surface area contributed by atoms with Crippen molar-refractivity contribution in [2.45, 2.75) is 63.9 Å². The van der Waals surface area contributed by atoms with Crippen molar-refractivity contribution < 1.29 is 14.3 Å². The molecule has 2 heterocycles. The van der Waals surface area contributed by atoms with Gasteiger partial charge in [0.15, 0.2) is 0 Å². The summed E-state index contributed by atoms with van der Waals surface area (Å²) in [5.74, 6) is 5.45. The van der Waals surface area contributed by atoms with E-state index in [1.807, 2.05) is 19.1 Å². The number of hydrazine groups is 1. The van der Waals surface area contributed by atoms with Crippen LogP contribution in [0.2, 0.25) is 0 Å². The van der Waals surface area contributed by atoms with Crippen molar-refractivity contribution in [2.75, 3.05) is 13.1 Å². The van der Waals surface area contributed by atoms with E-state index >= 15 is 0 Å². The van der Waals surface area contributed by atoms with Crippen molar-refractivity contribution in [3.05, 3.63) is 35.9 Å². The van der Waals surface area contributed by atoms with E-state index in [-0.39, 0.29) is 11.8 Å². The van der Waals surface area contributed by atoms with Crippen LogP contribution in [-0.2, 0) is 16.1 Å². The minimum atomic E-state index is -0.474. The summed E-state index contributed by atoms with van der Waals surface area (Å²) >= 11 is 0. The molecule has 1 saturated carbocycles. The van der Waals surface area contributed by atoms with Crippen molar-refractivity contribution in [2.24, 2.45) is 11.8 Å². The Morgan fingerprint density at radius 2 is 2.14 bits per heavy atom. The second-order valence-electron chi connectivity index (χ2n) is 8.44. The molecule has 6 nitrogen and oxygen atoms in total. The fourth-order valence-corrected chi connectivity index (χ4v) is 4.40. The number of nitrogens with two attached hydrogens (primary N) is 1. The van der Waals surface area contributed by atoms with Gasteiger partial charge >= 0.3 is 0 Å². The summed E-state index contributed by atoms with van der Waals surface area (Å²) in [6.45, 7) is 8.81. The molecule has 3 N–H and O–H groups in total. The van der Waals surface area contributed by atoms with Gasteiger partial charge in [-0.2, -0.15) is 0 Å². The Hall–Kier alpha value is -1.89. The van der Waals surface area contributed by atoms with E-state index in [0.29, 0.717) is 13.0 Å². The third-order valence-corrected chi connectivity index (χ3v) is 6.62. The molecule has 0 radical (unpaired) electrons. The predicted molar refractivity (Wildman–Crippen MR) is 108 cm³/mol. The molecule has 0 bridgehead atoms. The highest BCUT2D eigenvalue weighted by atomic mass is 16.7. The number of rotatable bonds is 5. The van der Waals surface area contributed by atoms with Crippen molar-refractivity contribution in [1.82, 2.24) is 10.3 Å². The highest BCUT2D eigenvalue weighted by Crippen LogP contribution is 2.40. The van der Waals surface area contributed by atoms with E-state index in [4.69, 9.17) is 15.3 Å². The largest absolute Gasteiger partial charge is 0.462 e. The zero-order valence-electron chi connectivity index (χ0n) is 16.7. The van der Waals surface area contributed by atoms with Crippen LogP contribution in [0.15, 0.2) is 24.8 Å². The molecule has 1 unspecified atom stereocenters. The number of fused-ring (bicyclic) bond motifs is 1. The second kappa shape index (κ2) is 7.85. The molecule has 1 saturated heterocycles. The van der Waals surface area contributed by atoms with Gasteiger partial charge in [0.2, 0.25) is 11.7 Å². The minimum absolute atomic E-state index is 0.00852.